The molecule has 32 heavy (non-hydrogen) atoms. The predicted octanol–water partition coefficient (Wildman–Crippen LogP) is 5.55. The molecule has 3 aromatic carbocycles. The number of sulfonamides is 1. The molecule has 0 aromatic heterocycles. The Balaban J connectivity index is 1.68. The Morgan fingerprint density at radius 2 is 1.69 bits per heavy atom. The molecule has 0 fully saturated rings. The molecular formula is C24H25ClN2O4S. The van der Waals surface area contributed by atoms with E-state index in [0.717, 1.165) is 11.1 Å². The molecule has 168 valence electrons. The number of benzene rings is 3. The fraction of sp³-hybridized carbons (Fsp3) is 0.208. The maximum absolute atomic E-state index is 12.7. The van der Waals surface area contributed by atoms with Gasteiger partial charge in [0.2, 0.25) is 0 Å². The Kier molecular flexibility index (Phi) is 7.43. The number of nitrogens with one attached hydrogen (secondary N) is 2. The molecule has 0 aliphatic heterocycles. The summed E-state index contributed by atoms with van der Waals surface area (Å²) in [7, 11) is -3.79. The van der Waals surface area contributed by atoms with Crippen LogP contribution < -0.4 is 14.8 Å². The van der Waals surface area contributed by atoms with Crippen LogP contribution in [0.2, 0.25) is 5.02 Å². The molecule has 3 aromatic rings. The largest absolute Gasteiger partial charge is 0.480 e. The SMILES string of the molecule is CC[C@H](Oc1cccc(C)c1C)C(=O)Nc1ccc(S(=O)(=O)Nc2cccc(Cl)c2)cc1. The van der Waals surface area contributed by atoms with Crippen molar-refractivity contribution in [3.8, 4) is 5.75 Å². The van der Waals surface area contributed by atoms with Crippen molar-refractivity contribution in [2.45, 2.75) is 38.2 Å². The van der Waals surface area contributed by atoms with E-state index in [2.05, 4.69) is 10.0 Å². The molecule has 3 rings (SSSR count). The number of carbonyl (C=O) groups is 1. The van der Waals surface area contributed by atoms with Gasteiger partial charge in [0.25, 0.3) is 15.9 Å². The fourth-order valence-electron chi connectivity index (χ4n) is 3.03. The number of aryl methyl sites for hydroxylation is 1. The monoisotopic (exact) mass is 472 g/mol. The first-order chi connectivity index (χ1) is 15.2. The summed E-state index contributed by atoms with van der Waals surface area (Å²) in [6.07, 6.45) is -0.196. The van der Waals surface area contributed by atoms with E-state index in [0.29, 0.717) is 28.6 Å². The van der Waals surface area contributed by atoms with Crippen molar-refractivity contribution in [2.75, 3.05) is 10.0 Å². The van der Waals surface area contributed by atoms with Gasteiger partial charge in [0.15, 0.2) is 6.10 Å². The van der Waals surface area contributed by atoms with Gasteiger partial charge in [0.1, 0.15) is 5.75 Å². The lowest BCUT2D eigenvalue weighted by molar-refractivity contribution is -0.122. The van der Waals surface area contributed by atoms with Gasteiger partial charge < -0.3 is 10.1 Å². The average molecular weight is 473 g/mol. The zero-order valence-corrected chi connectivity index (χ0v) is 19.6. The first kappa shape index (κ1) is 23.6. The Morgan fingerprint density at radius 1 is 1.00 bits per heavy atom. The van der Waals surface area contributed by atoms with Gasteiger partial charge >= 0.3 is 0 Å². The molecule has 2 N–H and O–H groups in total. The number of halogens is 1. The number of carbonyl (C=O) groups excluding carboxylic acids is 1. The molecule has 0 heterocycles. The number of ether oxygens (including phenoxy) is 1. The second-order valence-electron chi connectivity index (χ2n) is 7.34. The van der Waals surface area contributed by atoms with Crippen molar-refractivity contribution >= 4 is 38.9 Å². The van der Waals surface area contributed by atoms with Gasteiger partial charge in [-0.05, 0) is 79.9 Å². The van der Waals surface area contributed by atoms with Gasteiger partial charge in [0, 0.05) is 10.7 Å². The zero-order valence-electron chi connectivity index (χ0n) is 18.1. The minimum Gasteiger partial charge on any atom is -0.480 e. The quantitative estimate of drug-likeness (QED) is 0.450. The number of anilines is 2. The molecule has 1 atom stereocenters. The third kappa shape index (κ3) is 5.81. The second kappa shape index (κ2) is 10.1. The summed E-state index contributed by atoms with van der Waals surface area (Å²) in [5.41, 5.74) is 2.91. The maximum Gasteiger partial charge on any atom is 0.265 e. The minimum atomic E-state index is -3.79. The van der Waals surface area contributed by atoms with Gasteiger partial charge in [-0.2, -0.15) is 0 Å². The van der Waals surface area contributed by atoms with Gasteiger partial charge in [-0.1, -0.05) is 36.7 Å². The summed E-state index contributed by atoms with van der Waals surface area (Å²) >= 11 is 5.91. The van der Waals surface area contributed by atoms with Crippen LogP contribution in [-0.2, 0) is 14.8 Å². The Morgan fingerprint density at radius 3 is 2.34 bits per heavy atom. The van der Waals surface area contributed by atoms with Crippen LogP contribution in [0.1, 0.15) is 24.5 Å². The Bertz CT molecular complexity index is 1210. The van der Waals surface area contributed by atoms with E-state index in [1.54, 1.807) is 18.2 Å². The van der Waals surface area contributed by atoms with Crippen molar-refractivity contribution in [2.24, 2.45) is 0 Å². The van der Waals surface area contributed by atoms with Crippen LogP contribution in [0.3, 0.4) is 0 Å². The predicted molar refractivity (Wildman–Crippen MR) is 128 cm³/mol. The van der Waals surface area contributed by atoms with E-state index in [-0.39, 0.29) is 10.8 Å². The molecule has 8 heteroatoms. The molecule has 0 aliphatic carbocycles. The van der Waals surface area contributed by atoms with Gasteiger partial charge in [-0.25, -0.2) is 8.42 Å². The molecule has 0 aliphatic rings. The van der Waals surface area contributed by atoms with Gasteiger partial charge in [-0.15, -0.1) is 0 Å². The summed E-state index contributed by atoms with van der Waals surface area (Å²) in [4.78, 5) is 12.8. The smallest absolute Gasteiger partial charge is 0.265 e. The molecular weight excluding hydrogens is 448 g/mol. The maximum atomic E-state index is 12.7. The van der Waals surface area contributed by atoms with E-state index in [4.69, 9.17) is 16.3 Å². The first-order valence-corrected chi connectivity index (χ1v) is 12.0. The molecule has 0 bridgehead atoms. The number of hydrogen-bond acceptors (Lipinski definition) is 4. The highest BCUT2D eigenvalue weighted by Crippen LogP contribution is 2.24. The highest BCUT2D eigenvalue weighted by atomic mass is 35.5. The van der Waals surface area contributed by atoms with Crippen LogP contribution in [0.15, 0.2) is 71.6 Å². The van der Waals surface area contributed by atoms with E-state index in [9.17, 15) is 13.2 Å². The van der Waals surface area contributed by atoms with Crippen molar-refractivity contribution in [1.82, 2.24) is 0 Å². The highest BCUT2D eigenvalue weighted by molar-refractivity contribution is 7.92. The van der Waals surface area contributed by atoms with Crippen molar-refractivity contribution in [3.63, 3.8) is 0 Å². The molecule has 0 unspecified atom stereocenters. The summed E-state index contributed by atoms with van der Waals surface area (Å²) < 4.78 is 33.6. The first-order valence-electron chi connectivity index (χ1n) is 10.1. The lowest BCUT2D eigenvalue weighted by Crippen LogP contribution is -2.32. The molecule has 0 spiro atoms. The minimum absolute atomic E-state index is 0.0640. The van der Waals surface area contributed by atoms with Crippen molar-refractivity contribution < 1.29 is 17.9 Å². The molecule has 1 amide bonds. The third-order valence-electron chi connectivity index (χ3n) is 5.00. The molecule has 0 radical (unpaired) electrons. The van der Waals surface area contributed by atoms with Crippen LogP contribution in [0.5, 0.6) is 5.75 Å². The third-order valence-corrected chi connectivity index (χ3v) is 6.63. The summed E-state index contributed by atoms with van der Waals surface area (Å²) in [6.45, 7) is 5.80. The average Bonchev–Trinajstić information content (AvgIpc) is 2.75. The summed E-state index contributed by atoms with van der Waals surface area (Å²) in [5, 5.41) is 3.21. The Labute approximate surface area is 193 Å². The normalized spacial score (nSPS) is 12.1. The number of amides is 1. The van der Waals surface area contributed by atoms with Crippen LogP contribution in [-0.4, -0.2) is 20.4 Å². The number of rotatable bonds is 8. The molecule has 6 nitrogen and oxygen atoms in total. The van der Waals surface area contributed by atoms with Crippen molar-refractivity contribution in [3.05, 3.63) is 82.9 Å². The van der Waals surface area contributed by atoms with Crippen molar-refractivity contribution in [1.29, 1.82) is 0 Å². The van der Waals surface area contributed by atoms with E-state index in [1.807, 2.05) is 39.0 Å². The van der Waals surface area contributed by atoms with E-state index in [1.165, 1.54) is 30.3 Å². The summed E-state index contributed by atoms with van der Waals surface area (Å²) in [5.74, 6) is 0.363. The van der Waals surface area contributed by atoms with Crippen LogP contribution >= 0.6 is 11.6 Å². The highest BCUT2D eigenvalue weighted by Gasteiger charge is 2.20. The van der Waals surface area contributed by atoms with Gasteiger partial charge in [-0.3, -0.25) is 9.52 Å². The van der Waals surface area contributed by atoms with Crippen LogP contribution in [0.4, 0.5) is 11.4 Å². The summed E-state index contributed by atoms with van der Waals surface area (Å²) in [6, 6.07) is 18.1. The topological polar surface area (TPSA) is 84.5 Å². The van der Waals surface area contributed by atoms with Crippen LogP contribution in [0, 0.1) is 13.8 Å². The second-order valence-corrected chi connectivity index (χ2v) is 9.46. The van der Waals surface area contributed by atoms with E-state index < -0.39 is 16.1 Å². The number of hydrogen-bond donors (Lipinski definition) is 2. The Hall–Kier alpha value is -3.03. The van der Waals surface area contributed by atoms with Gasteiger partial charge in [0.05, 0.1) is 10.6 Å². The molecule has 0 saturated carbocycles. The lowest BCUT2D eigenvalue weighted by Gasteiger charge is -2.19. The molecule has 0 saturated heterocycles. The standard InChI is InChI=1S/C24H25ClN2O4S/c1-4-22(31-23-10-5-7-16(2)17(23)3)24(28)26-19-11-13-21(14-12-19)32(29,30)27-20-9-6-8-18(25)15-20/h5-15,22,27H,4H2,1-3H3,(H,26,28)/t22-/m0/s1. The zero-order chi connectivity index (χ0) is 23.3. The van der Waals surface area contributed by atoms with E-state index >= 15 is 0 Å². The van der Waals surface area contributed by atoms with Crippen LogP contribution in [0.25, 0.3) is 0 Å². The lowest BCUT2D eigenvalue weighted by atomic mass is 10.1. The fourth-order valence-corrected chi connectivity index (χ4v) is 4.27.